The summed E-state index contributed by atoms with van der Waals surface area (Å²) in [6.45, 7) is 0. The fourth-order valence-corrected chi connectivity index (χ4v) is 1.45. The summed E-state index contributed by atoms with van der Waals surface area (Å²) in [5, 5.41) is 0. The Morgan fingerprint density at radius 1 is 0.385 bits per heavy atom. The van der Waals surface area contributed by atoms with Crippen molar-refractivity contribution in [2.24, 2.45) is 0 Å². The van der Waals surface area contributed by atoms with E-state index in [2.05, 4.69) is 36.5 Å². The van der Waals surface area contributed by atoms with Crippen molar-refractivity contribution in [3.63, 3.8) is 0 Å². The second-order valence-electron chi connectivity index (χ2n) is 3.50. The first-order valence-electron chi connectivity index (χ1n) is 5.45. The van der Waals surface area contributed by atoms with E-state index >= 15 is 0 Å². The van der Waals surface area contributed by atoms with Crippen LogP contribution in [0, 0.1) is 0 Å². The average Bonchev–Trinajstić information content (AvgIpc) is 2.18. The lowest BCUT2D eigenvalue weighted by molar-refractivity contribution is 0.859. The smallest absolute Gasteiger partial charge is 0.0316 e. The summed E-state index contributed by atoms with van der Waals surface area (Å²) in [5.41, 5.74) is 0. The van der Waals surface area contributed by atoms with E-state index in [9.17, 15) is 0 Å². The maximum atomic E-state index is 2.32. The molecule has 1 rings (SSSR count). The summed E-state index contributed by atoms with van der Waals surface area (Å²) < 4.78 is 0. The Hall–Kier alpha value is -0.780. The van der Waals surface area contributed by atoms with Crippen molar-refractivity contribution in [3.8, 4) is 0 Å². The highest BCUT2D eigenvalue weighted by atomic mass is 13.9. The summed E-state index contributed by atoms with van der Waals surface area (Å²) in [7, 11) is 0. The van der Waals surface area contributed by atoms with Crippen LogP contribution in [0.3, 0.4) is 0 Å². The van der Waals surface area contributed by atoms with Crippen molar-refractivity contribution in [1.29, 1.82) is 0 Å². The van der Waals surface area contributed by atoms with Gasteiger partial charge >= 0.3 is 0 Å². The highest BCUT2D eigenvalue weighted by Crippen LogP contribution is 2.04. The molecule has 1 aliphatic rings. The first-order chi connectivity index (χ1) is 6.50. The lowest BCUT2D eigenvalue weighted by atomic mass is 10.2. The Balaban J connectivity index is 2.27. The lowest BCUT2D eigenvalue weighted by Crippen LogP contribution is -1.69. The molecule has 0 unspecified atom stereocenters. The van der Waals surface area contributed by atoms with Gasteiger partial charge in [0.2, 0.25) is 0 Å². The Bertz CT molecular complexity index is 164. The zero-order valence-electron chi connectivity index (χ0n) is 8.41. The first kappa shape index (κ1) is 10.3. The molecule has 72 valence electrons. The van der Waals surface area contributed by atoms with E-state index in [1.54, 1.807) is 0 Å². The van der Waals surface area contributed by atoms with Gasteiger partial charge in [0.15, 0.2) is 0 Å². The number of hydrogen-bond donors (Lipinski definition) is 0. The van der Waals surface area contributed by atoms with Gasteiger partial charge in [0, 0.05) is 0 Å². The van der Waals surface area contributed by atoms with Gasteiger partial charge in [0.25, 0.3) is 0 Å². The first-order valence-corrected chi connectivity index (χ1v) is 5.45. The van der Waals surface area contributed by atoms with Crippen LogP contribution in [-0.4, -0.2) is 0 Å². The van der Waals surface area contributed by atoms with E-state index in [1.807, 2.05) is 0 Å². The van der Waals surface area contributed by atoms with Crippen LogP contribution >= 0.6 is 0 Å². The fraction of sp³-hybridized carbons (Fsp3) is 0.538. The second kappa shape index (κ2) is 7.85. The van der Waals surface area contributed by atoms with Crippen LogP contribution in [-0.2, 0) is 0 Å². The molecule has 0 N–H and O–H groups in total. The van der Waals surface area contributed by atoms with E-state index in [0.717, 1.165) is 0 Å². The summed E-state index contributed by atoms with van der Waals surface area (Å²) in [6, 6.07) is 0. The molecule has 0 atom stereocenters. The molecular formula is C13H20. The molecule has 0 saturated carbocycles. The highest BCUT2D eigenvalue weighted by Gasteiger charge is 1.83. The van der Waals surface area contributed by atoms with Crippen LogP contribution in [0.4, 0.5) is 0 Å². The molecule has 0 aromatic heterocycles. The predicted molar refractivity (Wildman–Crippen MR) is 59.7 cm³/mol. The van der Waals surface area contributed by atoms with Gasteiger partial charge < -0.3 is 0 Å². The normalized spacial score (nSPS) is 22.8. The Morgan fingerprint density at radius 2 is 0.692 bits per heavy atom. The van der Waals surface area contributed by atoms with E-state index in [4.69, 9.17) is 0 Å². The van der Waals surface area contributed by atoms with Gasteiger partial charge in [0.1, 0.15) is 0 Å². The minimum absolute atomic E-state index is 1.21. The van der Waals surface area contributed by atoms with Gasteiger partial charge in [-0.3, -0.25) is 0 Å². The SMILES string of the molecule is C1=CCC/C=C/CCCC=CCC1. The molecule has 0 bridgehead atoms. The molecule has 0 spiro atoms. The molecule has 0 aliphatic heterocycles. The molecule has 1 aliphatic carbocycles. The van der Waals surface area contributed by atoms with Gasteiger partial charge in [-0.15, -0.1) is 0 Å². The van der Waals surface area contributed by atoms with Crippen LogP contribution in [0.1, 0.15) is 44.9 Å². The summed E-state index contributed by atoms with van der Waals surface area (Å²) >= 11 is 0. The third kappa shape index (κ3) is 6.39. The Labute approximate surface area is 82.0 Å². The zero-order valence-corrected chi connectivity index (χ0v) is 8.41. The van der Waals surface area contributed by atoms with E-state index in [0.29, 0.717) is 0 Å². The lowest BCUT2D eigenvalue weighted by Gasteiger charge is -1.89. The van der Waals surface area contributed by atoms with Crippen molar-refractivity contribution >= 4 is 0 Å². The molecule has 0 aromatic carbocycles. The largest absolute Gasteiger partial charge is 0.0885 e. The topological polar surface area (TPSA) is 0 Å². The van der Waals surface area contributed by atoms with Crippen molar-refractivity contribution in [3.05, 3.63) is 36.5 Å². The van der Waals surface area contributed by atoms with Crippen molar-refractivity contribution in [1.82, 2.24) is 0 Å². The fourth-order valence-electron chi connectivity index (χ4n) is 1.45. The van der Waals surface area contributed by atoms with E-state index in [1.165, 1.54) is 44.9 Å². The van der Waals surface area contributed by atoms with Crippen LogP contribution in [0.5, 0.6) is 0 Å². The maximum absolute atomic E-state index is 2.32. The van der Waals surface area contributed by atoms with Crippen LogP contribution < -0.4 is 0 Å². The van der Waals surface area contributed by atoms with Gasteiger partial charge in [0.05, 0.1) is 0 Å². The number of allylic oxidation sites excluding steroid dienone is 6. The quantitative estimate of drug-likeness (QED) is 0.480. The standard InChI is InChI=1S/C13H20/c1-2-4-6-8-10-12-13-11-9-7-5-3-1/h1-2,7-10H,3-6,11-13H2/b2-1?,9-7+,10-8?. The van der Waals surface area contributed by atoms with Crippen molar-refractivity contribution in [2.75, 3.05) is 0 Å². The third-order valence-corrected chi connectivity index (χ3v) is 2.24. The predicted octanol–water partition coefficient (Wildman–Crippen LogP) is 4.40. The van der Waals surface area contributed by atoms with Crippen molar-refractivity contribution < 1.29 is 0 Å². The molecule has 0 aromatic rings. The molecule has 0 radical (unpaired) electrons. The molecule has 0 amide bonds. The third-order valence-electron chi connectivity index (χ3n) is 2.24. The van der Waals surface area contributed by atoms with Gasteiger partial charge in [-0.2, -0.15) is 0 Å². The molecule has 0 nitrogen and oxygen atoms in total. The van der Waals surface area contributed by atoms with Gasteiger partial charge in [-0.1, -0.05) is 36.5 Å². The molecular weight excluding hydrogens is 156 g/mol. The molecule has 13 heavy (non-hydrogen) atoms. The number of hydrogen-bond acceptors (Lipinski definition) is 0. The minimum Gasteiger partial charge on any atom is -0.0885 e. The second-order valence-corrected chi connectivity index (χ2v) is 3.50. The minimum atomic E-state index is 1.21. The van der Waals surface area contributed by atoms with Gasteiger partial charge in [-0.05, 0) is 44.9 Å². The molecule has 0 fully saturated rings. The maximum Gasteiger partial charge on any atom is -0.0316 e. The molecule has 0 saturated heterocycles. The Morgan fingerprint density at radius 3 is 1.08 bits per heavy atom. The van der Waals surface area contributed by atoms with Gasteiger partial charge in [-0.25, -0.2) is 0 Å². The summed E-state index contributed by atoms with van der Waals surface area (Å²) in [6.07, 6.45) is 22.5. The summed E-state index contributed by atoms with van der Waals surface area (Å²) in [4.78, 5) is 0. The Kier molecular flexibility index (Phi) is 6.22. The monoisotopic (exact) mass is 176 g/mol. The number of rotatable bonds is 0. The average molecular weight is 176 g/mol. The van der Waals surface area contributed by atoms with Crippen LogP contribution in [0.15, 0.2) is 36.5 Å². The molecule has 0 heteroatoms. The van der Waals surface area contributed by atoms with Crippen LogP contribution in [0.25, 0.3) is 0 Å². The van der Waals surface area contributed by atoms with Crippen molar-refractivity contribution in [2.45, 2.75) is 44.9 Å². The van der Waals surface area contributed by atoms with E-state index < -0.39 is 0 Å². The van der Waals surface area contributed by atoms with Crippen LogP contribution in [0.2, 0.25) is 0 Å². The molecule has 0 heterocycles. The highest BCUT2D eigenvalue weighted by molar-refractivity contribution is 4.92. The van der Waals surface area contributed by atoms with E-state index in [-0.39, 0.29) is 0 Å². The summed E-state index contributed by atoms with van der Waals surface area (Å²) in [5.74, 6) is 0. The zero-order chi connectivity index (χ0) is 9.19.